The number of halogens is 2. The van der Waals surface area contributed by atoms with Gasteiger partial charge in [-0.2, -0.15) is 0 Å². The van der Waals surface area contributed by atoms with E-state index in [9.17, 15) is 4.79 Å². The van der Waals surface area contributed by atoms with Crippen molar-refractivity contribution in [2.24, 2.45) is 0 Å². The molecule has 1 amide bonds. The molecule has 1 aromatic rings. The maximum Gasteiger partial charge on any atom is 0.258 e. The summed E-state index contributed by atoms with van der Waals surface area (Å²) in [6.45, 7) is 2.24. The van der Waals surface area contributed by atoms with Crippen molar-refractivity contribution in [1.82, 2.24) is 5.32 Å². The average Bonchev–Trinajstić information content (AvgIpc) is 2.30. The molecule has 18 heavy (non-hydrogen) atoms. The van der Waals surface area contributed by atoms with Crippen LogP contribution in [-0.2, 0) is 9.53 Å². The first kappa shape index (κ1) is 15.3. The van der Waals surface area contributed by atoms with Crippen molar-refractivity contribution < 1.29 is 14.3 Å². The van der Waals surface area contributed by atoms with Crippen molar-refractivity contribution in [1.29, 1.82) is 0 Å². The first-order valence-corrected chi connectivity index (χ1v) is 6.56. The van der Waals surface area contributed by atoms with Gasteiger partial charge in [-0.3, -0.25) is 4.79 Å². The van der Waals surface area contributed by atoms with Crippen molar-refractivity contribution in [3.63, 3.8) is 0 Å². The van der Waals surface area contributed by atoms with Gasteiger partial charge in [0, 0.05) is 17.6 Å². The van der Waals surface area contributed by atoms with E-state index in [0.717, 1.165) is 4.47 Å². The summed E-state index contributed by atoms with van der Waals surface area (Å²) in [5.41, 5.74) is 0. The van der Waals surface area contributed by atoms with Gasteiger partial charge in [-0.15, -0.1) is 0 Å². The lowest BCUT2D eigenvalue weighted by Crippen LogP contribution is -2.38. The summed E-state index contributed by atoms with van der Waals surface area (Å²) < 4.78 is 11.1. The maximum absolute atomic E-state index is 11.6. The number of benzene rings is 1. The predicted octanol–water partition coefficient (Wildman–Crippen LogP) is 2.63. The van der Waals surface area contributed by atoms with Crippen molar-refractivity contribution in [2.45, 2.75) is 13.0 Å². The second-order valence-electron chi connectivity index (χ2n) is 3.79. The van der Waals surface area contributed by atoms with E-state index in [1.807, 2.05) is 6.92 Å². The van der Waals surface area contributed by atoms with Gasteiger partial charge in [0.1, 0.15) is 5.75 Å². The molecule has 1 atom stereocenters. The highest BCUT2D eigenvalue weighted by molar-refractivity contribution is 9.10. The Balaban J connectivity index is 2.45. The van der Waals surface area contributed by atoms with E-state index in [0.29, 0.717) is 17.4 Å². The number of carbonyl (C=O) groups is 1. The number of methoxy groups -OCH3 is 1. The molecule has 0 aliphatic heterocycles. The third-order valence-corrected chi connectivity index (χ3v) is 2.88. The molecule has 6 heteroatoms. The lowest BCUT2D eigenvalue weighted by molar-refractivity contribution is -0.124. The largest absolute Gasteiger partial charge is 0.482 e. The fourth-order valence-corrected chi connectivity index (χ4v) is 1.85. The smallest absolute Gasteiger partial charge is 0.258 e. The van der Waals surface area contributed by atoms with Gasteiger partial charge in [-0.05, 0) is 25.1 Å². The van der Waals surface area contributed by atoms with E-state index in [4.69, 9.17) is 21.1 Å². The molecule has 0 bridgehead atoms. The predicted molar refractivity (Wildman–Crippen MR) is 74.1 cm³/mol. The van der Waals surface area contributed by atoms with Gasteiger partial charge in [0.05, 0.1) is 11.6 Å². The van der Waals surface area contributed by atoms with Crippen LogP contribution in [0.25, 0.3) is 0 Å². The van der Waals surface area contributed by atoms with Crippen molar-refractivity contribution >= 4 is 33.4 Å². The van der Waals surface area contributed by atoms with Crippen LogP contribution in [0.1, 0.15) is 6.92 Å². The number of rotatable bonds is 6. The Morgan fingerprint density at radius 1 is 1.56 bits per heavy atom. The van der Waals surface area contributed by atoms with Gasteiger partial charge >= 0.3 is 0 Å². The summed E-state index contributed by atoms with van der Waals surface area (Å²) in [4.78, 5) is 11.6. The Bertz CT molecular complexity index is 414. The zero-order valence-electron chi connectivity index (χ0n) is 10.2. The molecule has 0 aliphatic carbocycles. The van der Waals surface area contributed by atoms with Gasteiger partial charge in [-0.1, -0.05) is 27.5 Å². The highest BCUT2D eigenvalue weighted by Crippen LogP contribution is 2.27. The Kier molecular flexibility index (Phi) is 6.46. The van der Waals surface area contributed by atoms with Crippen LogP contribution in [-0.4, -0.2) is 32.3 Å². The van der Waals surface area contributed by atoms with Crippen molar-refractivity contribution in [2.75, 3.05) is 20.3 Å². The second-order valence-corrected chi connectivity index (χ2v) is 5.11. The molecule has 0 saturated carbocycles. The molecule has 1 aromatic carbocycles. The average molecular weight is 337 g/mol. The molecule has 0 aromatic heterocycles. The van der Waals surface area contributed by atoms with Crippen molar-refractivity contribution in [3.8, 4) is 5.75 Å². The van der Waals surface area contributed by atoms with Gasteiger partial charge < -0.3 is 14.8 Å². The normalized spacial score (nSPS) is 12.0. The molecule has 100 valence electrons. The Hall–Kier alpha value is -0.780. The number of ether oxygens (including phenoxy) is 2. The third-order valence-electron chi connectivity index (χ3n) is 2.08. The van der Waals surface area contributed by atoms with E-state index < -0.39 is 0 Å². The Morgan fingerprint density at radius 2 is 2.28 bits per heavy atom. The molecule has 1 N–H and O–H groups in total. The number of carbonyl (C=O) groups excluding carboxylic acids is 1. The van der Waals surface area contributed by atoms with E-state index >= 15 is 0 Å². The lowest BCUT2D eigenvalue weighted by Gasteiger charge is -2.13. The fourth-order valence-electron chi connectivity index (χ4n) is 1.34. The van der Waals surface area contributed by atoms with Crippen LogP contribution in [0.15, 0.2) is 22.7 Å². The minimum atomic E-state index is -0.212. The first-order valence-electron chi connectivity index (χ1n) is 5.39. The number of hydrogen-bond acceptors (Lipinski definition) is 3. The SMILES string of the molecule is COCC(C)NC(=O)COc1cc(Br)ccc1Cl. The monoisotopic (exact) mass is 335 g/mol. The Morgan fingerprint density at radius 3 is 2.94 bits per heavy atom. The first-order chi connectivity index (χ1) is 8.52. The van der Waals surface area contributed by atoms with Crippen LogP contribution in [0.2, 0.25) is 5.02 Å². The number of amides is 1. The van der Waals surface area contributed by atoms with Gasteiger partial charge in [0.2, 0.25) is 0 Å². The zero-order chi connectivity index (χ0) is 13.5. The van der Waals surface area contributed by atoms with Crippen molar-refractivity contribution in [3.05, 3.63) is 27.7 Å². The minimum absolute atomic E-state index is 0.0518. The quantitative estimate of drug-likeness (QED) is 0.869. The fraction of sp³-hybridized carbons (Fsp3) is 0.417. The molecule has 1 unspecified atom stereocenters. The van der Waals surface area contributed by atoms with Crippen LogP contribution >= 0.6 is 27.5 Å². The third kappa shape index (κ3) is 5.25. The molecule has 0 aliphatic rings. The topological polar surface area (TPSA) is 47.6 Å². The summed E-state index contributed by atoms with van der Waals surface area (Å²) in [5, 5.41) is 3.21. The van der Waals surface area contributed by atoms with Crippen LogP contribution in [0.5, 0.6) is 5.75 Å². The van der Waals surface area contributed by atoms with Crippen LogP contribution in [0, 0.1) is 0 Å². The summed E-state index contributed by atoms with van der Waals surface area (Å²) in [5.74, 6) is 0.260. The zero-order valence-corrected chi connectivity index (χ0v) is 12.5. The molecular formula is C12H15BrClNO3. The van der Waals surface area contributed by atoms with Gasteiger partial charge in [-0.25, -0.2) is 0 Å². The molecule has 0 saturated heterocycles. The molecule has 0 fully saturated rings. The Labute approximate surface area is 120 Å². The summed E-state index contributed by atoms with van der Waals surface area (Å²) >= 11 is 9.25. The minimum Gasteiger partial charge on any atom is -0.482 e. The molecule has 0 heterocycles. The lowest BCUT2D eigenvalue weighted by atomic mass is 10.3. The second kappa shape index (κ2) is 7.61. The summed E-state index contributed by atoms with van der Waals surface area (Å²) in [6.07, 6.45) is 0. The molecule has 0 radical (unpaired) electrons. The number of hydrogen-bond donors (Lipinski definition) is 1. The highest BCUT2D eigenvalue weighted by Gasteiger charge is 2.09. The standard InChI is InChI=1S/C12H15BrClNO3/c1-8(6-17-2)15-12(16)7-18-11-5-9(13)3-4-10(11)14/h3-5,8H,6-7H2,1-2H3,(H,15,16). The van der Waals surface area contributed by atoms with Gasteiger partial charge in [0.25, 0.3) is 5.91 Å². The molecule has 4 nitrogen and oxygen atoms in total. The number of nitrogens with one attached hydrogen (secondary N) is 1. The molecule has 1 rings (SSSR count). The van der Waals surface area contributed by atoms with Crippen LogP contribution < -0.4 is 10.1 Å². The van der Waals surface area contributed by atoms with E-state index in [2.05, 4.69) is 21.2 Å². The summed E-state index contributed by atoms with van der Waals surface area (Å²) in [7, 11) is 1.58. The van der Waals surface area contributed by atoms with Crippen LogP contribution in [0.3, 0.4) is 0 Å². The molecular weight excluding hydrogens is 321 g/mol. The van der Waals surface area contributed by atoms with E-state index in [1.54, 1.807) is 25.3 Å². The van der Waals surface area contributed by atoms with Crippen LogP contribution in [0.4, 0.5) is 0 Å². The van der Waals surface area contributed by atoms with E-state index in [-0.39, 0.29) is 18.6 Å². The summed E-state index contributed by atoms with van der Waals surface area (Å²) in [6, 6.07) is 5.17. The van der Waals surface area contributed by atoms with E-state index in [1.165, 1.54) is 0 Å². The van der Waals surface area contributed by atoms with Gasteiger partial charge in [0.15, 0.2) is 6.61 Å². The maximum atomic E-state index is 11.6. The highest BCUT2D eigenvalue weighted by atomic mass is 79.9. The molecule has 0 spiro atoms.